The minimum atomic E-state index is -0.498. The van der Waals surface area contributed by atoms with E-state index in [9.17, 15) is 9.90 Å². The van der Waals surface area contributed by atoms with Crippen molar-refractivity contribution in [1.82, 2.24) is 4.98 Å². The fraction of sp³-hybridized carbons (Fsp3) is 0.333. The summed E-state index contributed by atoms with van der Waals surface area (Å²) >= 11 is 1.63. The molecule has 0 amide bonds. The quantitative estimate of drug-likeness (QED) is 0.863. The van der Waals surface area contributed by atoms with Crippen LogP contribution in [0, 0.1) is 0 Å². The molecule has 1 aliphatic rings. The summed E-state index contributed by atoms with van der Waals surface area (Å²) in [7, 11) is 1.32. The van der Waals surface area contributed by atoms with Gasteiger partial charge in [-0.3, -0.25) is 0 Å². The number of phenols is 1. The van der Waals surface area contributed by atoms with Crippen LogP contribution < -0.4 is 0 Å². The summed E-state index contributed by atoms with van der Waals surface area (Å²) in [4.78, 5) is 16.0. The Morgan fingerprint density at radius 1 is 1.50 bits per heavy atom. The molecule has 0 saturated heterocycles. The Labute approximate surface area is 121 Å². The largest absolute Gasteiger partial charge is 0.507 e. The molecule has 0 saturated carbocycles. The molecule has 1 aromatic heterocycles. The standard InChI is InChI=1S/C15H15NO3S/c1-19-15(18)12-6-5-9-10(13(12)17)3-2-4-11(9)14-16-7-8-20-14/h5-8,11,17H,2-4H2,1H3/t11-/m1/s1. The highest BCUT2D eigenvalue weighted by atomic mass is 32.1. The second-order valence-electron chi connectivity index (χ2n) is 4.84. The van der Waals surface area contributed by atoms with Crippen LogP contribution in [0.15, 0.2) is 23.7 Å². The van der Waals surface area contributed by atoms with Gasteiger partial charge in [0.1, 0.15) is 11.3 Å². The van der Waals surface area contributed by atoms with Gasteiger partial charge in [0, 0.05) is 17.5 Å². The number of fused-ring (bicyclic) bond motifs is 1. The summed E-state index contributed by atoms with van der Waals surface area (Å²) < 4.78 is 4.70. The van der Waals surface area contributed by atoms with Crippen LogP contribution in [0.4, 0.5) is 0 Å². The summed E-state index contributed by atoms with van der Waals surface area (Å²) in [6.07, 6.45) is 4.60. The lowest BCUT2D eigenvalue weighted by molar-refractivity contribution is 0.0597. The lowest BCUT2D eigenvalue weighted by atomic mass is 9.81. The van der Waals surface area contributed by atoms with E-state index in [0.29, 0.717) is 0 Å². The average Bonchev–Trinajstić information content (AvgIpc) is 3.00. The maximum absolute atomic E-state index is 11.6. The molecular weight excluding hydrogens is 274 g/mol. The maximum atomic E-state index is 11.6. The van der Waals surface area contributed by atoms with Crippen LogP contribution in [0.25, 0.3) is 0 Å². The van der Waals surface area contributed by atoms with Gasteiger partial charge in [-0.2, -0.15) is 0 Å². The van der Waals surface area contributed by atoms with E-state index in [-0.39, 0.29) is 17.2 Å². The third-order valence-corrected chi connectivity index (χ3v) is 4.66. The van der Waals surface area contributed by atoms with Gasteiger partial charge in [0.05, 0.1) is 12.1 Å². The van der Waals surface area contributed by atoms with E-state index < -0.39 is 5.97 Å². The number of rotatable bonds is 2. The van der Waals surface area contributed by atoms with E-state index in [2.05, 4.69) is 4.98 Å². The summed E-state index contributed by atoms with van der Waals surface area (Å²) in [5.41, 5.74) is 2.18. The smallest absolute Gasteiger partial charge is 0.341 e. The van der Waals surface area contributed by atoms with Crippen LogP contribution in [0.5, 0.6) is 5.75 Å². The number of thiazole rings is 1. The number of aromatic hydroxyl groups is 1. The fourth-order valence-electron chi connectivity index (χ4n) is 2.82. The van der Waals surface area contributed by atoms with Crippen molar-refractivity contribution in [3.63, 3.8) is 0 Å². The van der Waals surface area contributed by atoms with Crippen LogP contribution in [-0.4, -0.2) is 23.2 Å². The molecule has 104 valence electrons. The van der Waals surface area contributed by atoms with Crippen molar-refractivity contribution in [2.75, 3.05) is 7.11 Å². The number of hydrogen-bond donors (Lipinski definition) is 1. The Balaban J connectivity index is 2.08. The SMILES string of the molecule is COC(=O)c1ccc2c(c1O)CCC[C@H]2c1nccs1. The maximum Gasteiger partial charge on any atom is 0.341 e. The molecule has 3 rings (SSSR count). The average molecular weight is 289 g/mol. The van der Waals surface area contributed by atoms with Gasteiger partial charge in [-0.1, -0.05) is 6.07 Å². The minimum Gasteiger partial charge on any atom is -0.507 e. The molecular formula is C15H15NO3S. The second kappa shape index (κ2) is 5.25. The number of esters is 1. The minimum absolute atomic E-state index is 0.0654. The monoisotopic (exact) mass is 289 g/mol. The van der Waals surface area contributed by atoms with Crippen molar-refractivity contribution in [3.05, 3.63) is 45.4 Å². The zero-order valence-electron chi connectivity index (χ0n) is 11.1. The molecule has 1 aliphatic carbocycles. The summed E-state index contributed by atoms with van der Waals surface area (Å²) in [6, 6.07) is 3.57. The zero-order chi connectivity index (χ0) is 14.1. The van der Waals surface area contributed by atoms with Crippen LogP contribution in [-0.2, 0) is 11.2 Å². The summed E-state index contributed by atoms with van der Waals surface area (Å²) in [5, 5.41) is 13.4. The van der Waals surface area contributed by atoms with Crippen molar-refractivity contribution in [3.8, 4) is 5.75 Å². The number of carbonyl (C=O) groups is 1. The molecule has 0 spiro atoms. The first-order valence-corrected chi connectivity index (χ1v) is 7.42. The van der Waals surface area contributed by atoms with Gasteiger partial charge in [0.2, 0.25) is 0 Å². The molecule has 0 aliphatic heterocycles. The molecule has 20 heavy (non-hydrogen) atoms. The van der Waals surface area contributed by atoms with Crippen molar-refractivity contribution >= 4 is 17.3 Å². The molecule has 0 radical (unpaired) electrons. The van der Waals surface area contributed by atoms with Gasteiger partial charge in [-0.15, -0.1) is 11.3 Å². The number of methoxy groups -OCH3 is 1. The molecule has 1 heterocycles. The van der Waals surface area contributed by atoms with E-state index in [1.165, 1.54) is 7.11 Å². The van der Waals surface area contributed by atoms with E-state index in [1.807, 2.05) is 11.4 Å². The highest BCUT2D eigenvalue weighted by Crippen LogP contribution is 2.41. The van der Waals surface area contributed by atoms with Gasteiger partial charge in [-0.05, 0) is 36.5 Å². The van der Waals surface area contributed by atoms with Gasteiger partial charge in [0.25, 0.3) is 0 Å². The Kier molecular flexibility index (Phi) is 3.44. The Hall–Kier alpha value is -1.88. The van der Waals surface area contributed by atoms with Crippen LogP contribution in [0.2, 0.25) is 0 Å². The van der Waals surface area contributed by atoms with E-state index in [0.717, 1.165) is 35.4 Å². The highest BCUT2D eigenvalue weighted by Gasteiger charge is 2.28. The molecule has 1 aromatic carbocycles. The number of hydrogen-bond acceptors (Lipinski definition) is 5. The Bertz CT molecular complexity index is 637. The number of ether oxygens (including phenoxy) is 1. The molecule has 5 heteroatoms. The molecule has 2 aromatic rings. The van der Waals surface area contributed by atoms with Gasteiger partial charge in [0.15, 0.2) is 0 Å². The predicted octanol–water partition coefficient (Wildman–Crippen LogP) is 3.10. The number of nitrogens with zero attached hydrogens (tertiary/aromatic N) is 1. The third-order valence-electron chi connectivity index (χ3n) is 3.77. The molecule has 0 bridgehead atoms. The topological polar surface area (TPSA) is 59.4 Å². The molecule has 4 nitrogen and oxygen atoms in total. The number of aromatic nitrogens is 1. The second-order valence-corrected chi connectivity index (χ2v) is 5.76. The third kappa shape index (κ3) is 2.08. The predicted molar refractivity (Wildman–Crippen MR) is 76.3 cm³/mol. The molecule has 1 atom stereocenters. The first-order chi connectivity index (χ1) is 9.72. The van der Waals surface area contributed by atoms with E-state index in [4.69, 9.17) is 4.74 Å². The highest BCUT2D eigenvalue weighted by molar-refractivity contribution is 7.09. The first-order valence-electron chi connectivity index (χ1n) is 6.54. The fourth-order valence-corrected chi connectivity index (χ4v) is 3.61. The van der Waals surface area contributed by atoms with E-state index in [1.54, 1.807) is 23.6 Å². The van der Waals surface area contributed by atoms with Gasteiger partial charge >= 0.3 is 5.97 Å². The number of phenolic OH excluding ortho intramolecular Hbond substituents is 1. The number of carbonyl (C=O) groups excluding carboxylic acids is 1. The lowest BCUT2D eigenvalue weighted by Gasteiger charge is -2.25. The van der Waals surface area contributed by atoms with Gasteiger partial charge in [-0.25, -0.2) is 9.78 Å². The summed E-state index contributed by atoms with van der Waals surface area (Å²) in [6.45, 7) is 0. The van der Waals surface area contributed by atoms with Crippen LogP contribution >= 0.6 is 11.3 Å². The Morgan fingerprint density at radius 3 is 3.05 bits per heavy atom. The van der Waals surface area contributed by atoms with Crippen LogP contribution in [0.1, 0.15) is 45.3 Å². The Morgan fingerprint density at radius 2 is 2.35 bits per heavy atom. The van der Waals surface area contributed by atoms with E-state index >= 15 is 0 Å². The number of benzene rings is 1. The molecule has 1 N–H and O–H groups in total. The summed E-state index contributed by atoms with van der Waals surface area (Å²) in [5.74, 6) is -0.214. The molecule has 0 fully saturated rings. The first kappa shape index (κ1) is 13.1. The van der Waals surface area contributed by atoms with Crippen molar-refractivity contribution in [1.29, 1.82) is 0 Å². The van der Waals surface area contributed by atoms with Crippen molar-refractivity contribution < 1.29 is 14.6 Å². The molecule has 0 unspecified atom stereocenters. The zero-order valence-corrected chi connectivity index (χ0v) is 11.9. The lowest BCUT2D eigenvalue weighted by Crippen LogP contribution is -2.13. The van der Waals surface area contributed by atoms with Crippen molar-refractivity contribution in [2.45, 2.75) is 25.2 Å². The van der Waals surface area contributed by atoms with Gasteiger partial charge < -0.3 is 9.84 Å². The normalized spacial score (nSPS) is 17.6. The van der Waals surface area contributed by atoms with Crippen LogP contribution in [0.3, 0.4) is 0 Å². The van der Waals surface area contributed by atoms with Crippen molar-refractivity contribution in [2.24, 2.45) is 0 Å².